The molecule has 1 saturated heterocycles. The van der Waals surface area contributed by atoms with Crippen molar-refractivity contribution in [1.29, 1.82) is 0 Å². The summed E-state index contributed by atoms with van der Waals surface area (Å²) in [5, 5.41) is 3.85. The summed E-state index contributed by atoms with van der Waals surface area (Å²) >= 11 is 0. The van der Waals surface area contributed by atoms with Gasteiger partial charge in [-0.3, -0.25) is 9.88 Å². The van der Waals surface area contributed by atoms with Crippen LogP contribution in [-0.4, -0.2) is 36.1 Å². The Morgan fingerprint density at radius 3 is 2.95 bits per heavy atom. The van der Waals surface area contributed by atoms with Crippen molar-refractivity contribution >= 4 is 0 Å². The summed E-state index contributed by atoms with van der Waals surface area (Å²) in [6, 6.07) is 5.57. The Morgan fingerprint density at radius 2 is 2.25 bits per heavy atom. The SMILES string of the molecule is C[C@H]1CCC[C@H]1NC[C@@H]1CCN(C)[C@H]1c1cccnc1. The molecule has 1 aliphatic carbocycles. The minimum atomic E-state index is 0.535. The molecule has 1 aromatic rings. The van der Waals surface area contributed by atoms with Crippen LogP contribution in [0.2, 0.25) is 0 Å². The summed E-state index contributed by atoms with van der Waals surface area (Å²) in [7, 11) is 2.25. The molecule has 0 unspecified atom stereocenters. The summed E-state index contributed by atoms with van der Waals surface area (Å²) < 4.78 is 0. The van der Waals surface area contributed by atoms with Gasteiger partial charge in [-0.2, -0.15) is 0 Å². The number of pyridine rings is 1. The Morgan fingerprint density at radius 1 is 1.35 bits per heavy atom. The van der Waals surface area contributed by atoms with Gasteiger partial charge in [0, 0.05) is 31.0 Å². The molecule has 4 atom stereocenters. The Balaban J connectivity index is 1.63. The van der Waals surface area contributed by atoms with Crippen molar-refractivity contribution in [3.05, 3.63) is 30.1 Å². The molecular weight excluding hydrogens is 246 g/mol. The van der Waals surface area contributed by atoms with Crippen LogP contribution in [-0.2, 0) is 0 Å². The van der Waals surface area contributed by atoms with Crippen LogP contribution in [0.4, 0.5) is 0 Å². The third-order valence-electron chi connectivity index (χ3n) is 5.30. The van der Waals surface area contributed by atoms with Gasteiger partial charge >= 0.3 is 0 Å². The van der Waals surface area contributed by atoms with E-state index in [-0.39, 0.29) is 0 Å². The van der Waals surface area contributed by atoms with E-state index in [0.717, 1.165) is 24.4 Å². The fourth-order valence-corrected chi connectivity index (χ4v) is 4.07. The van der Waals surface area contributed by atoms with Gasteiger partial charge in [0.25, 0.3) is 0 Å². The lowest BCUT2D eigenvalue weighted by molar-refractivity contribution is 0.263. The second-order valence-electron chi connectivity index (χ2n) is 6.68. The normalized spacial score (nSPS) is 34.7. The first-order valence-electron chi connectivity index (χ1n) is 8.09. The maximum Gasteiger partial charge on any atom is 0.0401 e. The van der Waals surface area contributed by atoms with Crippen LogP contribution in [0.1, 0.15) is 44.2 Å². The summed E-state index contributed by atoms with van der Waals surface area (Å²) in [5.41, 5.74) is 1.37. The lowest BCUT2D eigenvalue weighted by Gasteiger charge is -2.27. The zero-order chi connectivity index (χ0) is 13.9. The zero-order valence-electron chi connectivity index (χ0n) is 12.8. The highest BCUT2D eigenvalue weighted by Crippen LogP contribution is 2.35. The van der Waals surface area contributed by atoms with Crippen LogP contribution in [0.25, 0.3) is 0 Å². The summed E-state index contributed by atoms with van der Waals surface area (Å²) in [4.78, 5) is 6.79. The lowest BCUT2D eigenvalue weighted by Crippen LogP contribution is -2.36. The van der Waals surface area contributed by atoms with Gasteiger partial charge in [-0.15, -0.1) is 0 Å². The second-order valence-corrected chi connectivity index (χ2v) is 6.68. The monoisotopic (exact) mass is 273 g/mol. The minimum Gasteiger partial charge on any atom is -0.313 e. The summed E-state index contributed by atoms with van der Waals surface area (Å²) in [6.45, 7) is 4.75. The molecule has 3 rings (SSSR count). The van der Waals surface area contributed by atoms with Crippen LogP contribution in [0, 0.1) is 11.8 Å². The number of aromatic nitrogens is 1. The van der Waals surface area contributed by atoms with Crippen molar-refractivity contribution in [2.24, 2.45) is 11.8 Å². The topological polar surface area (TPSA) is 28.2 Å². The number of nitrogens with zero attached hydrogens (tertiary/aromatic N) is 2. The molecule has 1 aromatic heterocycles. The first-order valence-corrected chi connectivity index (χ1v) is 8.09. The van der Waals surface area contributed by atoms with Gasteiger partial charge in [0.15, 0.2) is 0 Å². The van der Waals surface area contributed by atoms with Crippen LogP contribution >= 0.6 is 0 Å². The molecular formula is C17H27N3. The molecule has 0 amide bonds. The van der Waals surface area contributed by atoms with E-state index < -0.39 is 0 Å². The van der Waals surface area contributed by atoms with Gasteiger partial charge in [0.1, 0.15) is 0 Å². The molecule has 0 radical (unpaired) electrons. The lowest BCUT2D eigenvalue weighted by atomic mass is 9.94. The fourth-order valence-electron chi connectivity index (χ4n) is 4.07. The summed E-state index contributed by atoms with van der Waals surface area (Å²) in [6.07, 6.45) is 9.36. The van der Waals surface area contributed by atoms with Crippen LogP contribution in [0.3, 0.4) is 0 Å². The van der Waals surface area contributed by atoms with Crippen molar-refractivity contribution in [3.8, 4) is 0 Å². The Labute approximate surface area is 122 Å². The van der Waals surface area contributed by atoms with Gasteiger partial charge in [0.05, 0.1) is 0 Å². The number of hydrogen-bond donors (Lipinski definition) is 1. The average Bonchev–Trinajstić information content (AvgIpc) is 3.03. The average molecular weight is 273 g/mol. The first-order chi connectivity index (χ1) is 9.75. The molecule has 1 saturated carbocycles. The Hall–Kier alpha value is -0.930. The van der Waals surface area contributed by atoms with Crippen LogP contribution in [0.5, 0.6) is 0 Å². The van der Waals surface area contributed by atoms with Crippen LogP contribution < -0.4 is 5.32 Å². The van der Waals surface area contributed by atoms with Crippen molar-refractivity contribution in [2.45, 2.75) is 44.7 Å². The molecule has 0 spiro atoms. The van der Waals surface area contributed by atoms with Crippen molar-refractivity contribution in [2.75, 3.05) is 20.1 Å². The highest BCUT2D eigenvalue weighted by molar-refractivity contribution is 5.17. The second kappa shape index (κ2) is 6.23. The molecule has 1 N–H and O–H groups in total. The predicted molar refractivity (Wildman–Crippen MR) is 82.5 cm³/mol. The van der Waals surface area contributed by atoms with Gasteiger partial charge in [-0.05, 0) is 56.3 Å². The predicted octanol–water partition coefficient (Wildman–Crippen LogP) is 2.85. The maximum atomic E-state index is 4.30. The van der Waals surface area contributed by atoms with Gasteiger partial charge in [-0.1, -0.05) is 19.4 Å². The zero-order valence-corrected chi connectivity index (χ0v) is 12.8. The molecule has 1 aliphatic heterocycles. The van der Waals surface area contributed by atoms with Crippen molar-refractivity contribution in [3.63, 3.8) is 0 Å². The molecule has 20 heavy (non-hydrogen) atoms. The van der Waals surface area contributed by atoms with E-state index >= 15 is 0 Å². The Bertz CT molecular complexity index is 420. The molecule has 110 valence electrons. The van der Waals surface area contributed by atoms with Crippen molar-refractivity contribution in [1.82, 2.24) is 15.2 Å². The highest BCUT2D eigenvalue weighted by atomic mass is 15.2. The first kappa shape index (κ1) is 14.0. The molecule has 0 bridgehead atoms. The van der Waals surface area contributed by atoms with E-state index in [1.54, 1.807) is 0 Å². The van der Waals surface area contributed by atoms with E-state index in [2.05, 4.69) is 41.3 Å². The largest absolute Gasteiger partial charge is 0.313 e. The van der Waals surface area contributed by atoms with E-state index in [4.69, 9.17) is 0 Å². The van der Waals surface area contributed by atoms with Gasteiger partial charge in [0.2, 0.25) is 0 Å². The fraction of sp³-hybridized carbons (Fsp3) is 0.706. The number of likely N-dealkylation sites (tertiary alicyclic amines) is 1. The summed E-state index contributed by atoms with van der Waals surface area (Å²) in [5.74, 6) is 1.57. The molecule has 2 aliphatic rings. The quantitative estimate of drug-likeness (QED) is 0.914. The van der Waals surface area contributed by atoms with E-state index in [1.807, 2.05) is 12.4 Å². The number of hydrogen-bond acceptors (Lipinski definition) is 3. The van der Waals surface area contributed by atoms with Crippen LogP contribution in [0.15, 0.2) is 24.5 Å². The third kappa shape index (κ3) is 2.89. The third-order valence-corrected chi connectivity index (χ3v) is 5.30. The molecule has 2 heterocycles. The van der Waals surface area contributed by atoms with E-state index in [0.29, 0.717) is 6.04 Å². The minimum absolute atomic E-state index is 0.535. The van der Waals surface area contributed by atoms with Gasteiger partial charge < -0.3 is 5.32 Å². The van der Waals surface area contributed by atoms with E-state index in [9.17, 15) is 0 Å². The van der Waals surface area contributed by atoms with E-state index in [1.165, 1.54) is 37.8 Å². The number of rotatable bonds is 4. The smallest absolute Gasteiger partial charge is 0.0401 e. The Kier molecular flexibility index (Phi) is 4.37. The maximum absolute atomic E-state index is 4.30. The standard InChI is InChI=1S/C17H27N3/c1-13-5-3-7-16(13)19-12-15-8-10-20(2)17(15)14-6-4-9-18-11-14/h4,6,9,11,13,15-17,19H,3,5,7-8,10,12H2,1-2H3/t13-,15-,16+,17-/m0/s1. The molecule has 3 nitrogen and oxygen atoms in total. The molecule has 0 aromatic carbocycles. The highest BCUT2D eigenvalue weighted by Gasteiger charge is 2.34. The molecule has 3 heteroatoms. The molecule has 2 fully saturated rings. The number of nitrogens with one attached hydrogen (secondary N) is 1. The van der Waals surface area contributed by atoms with Gasteiger partial charge in [-0.25, -0.2) is 0 Å². The van der Waals surface area contributed by atoms with Crippen molar-refractivity contribution < 1.29 is 0 Å².